The van der Waals surface area contributed by atoms with E-state index in [9.17, 15) is 14.4 Å². The molecule has 1 heterocycles. The molecular weight excluding hydrogens is 394 g/mol. The smallest absolute Gasteiger partial charge is 0.306 e. The third kappa shape index (κ3) is 7.05. The van der Waals surface area contributed by atoms with Crippen LogP contribution in [0.4, 0.5) is 5.69 Å². The largest absolute Gasteiger partial charge is 0.457 e. The number of nitrogens with zero attached hydrogens (tertiary/aromatic N) is 2. The molecular formula is C24H33N3O4. The molecule has 168 valence electrons. The van der Waals surface area contributed by atoms with Gasteiger partial charge in [-0.15, -0.1) is 0 Å². The number of aromatic nitrogens is 2. The van der Waals surface area contributed by atoms with Gasteiger partial charge >= 0.3 is 5.97 Å². The quantitative estimate of drug-likeness (QED) is 0.455. The average molecular weight is 428 g/mol. The van der Waals surface area contributed by atoms with Gasteiger partial charge in [0.15, 0.2) is 12.4 Å². The molecule has 0 atom stereocenters. The second-order valence-electron chi connectivity index (χ2n) is 8.53. The van der Waals surface area contributed by atoms with E-state index in [4.69, 9.17) is 4.74 Å². The topological polar surface area (TPSA) is 90.3 Å². The molecule has 2 aromatic rings. The first kappa shape index (κ1) is 24.3. The van der Waals surface area contributed by atoms with E-state index in [1.54, 1.807) is 24.3 Å². The van der Waals surface area contributed by atoms with E-state index in [-0.39, 0.29) is 30.6 Å². The number of nitrogens with one attached hydrogen (secondary N) is 1. The van der Waals surface area contributed by atoms with Crippen molar-refractivity contribution in [3.8, 4) is 0 Å². The van der Waals surface area contributed by atoms with Gasteiger partial charge in [-0.2, -0.15) is 5.10 Å². The molecule has 31 heavy (non-hydrogen) atoms. The number of hydrogen-bond acceptors (Lipinski definition) is 5. The summed E-state index contributed by atoms with van der Waals surface area (Å²) in [7, 11) is 0. The summed E-state index contributed by atoms with van der Waals surface area (Å²) in [4.78, 5) is 36.2. The van der Waals surface area contributed by atoms with Crippen LogP contribution in [0.15, 0.2) is 24.3 Å². The Morgan fingerprint density at radius 3 is 2.29 bits per heavy atom. The fourth-order valence-corrected chi connectivity index (χ4v) is 3.17. The minimum Gasteiger partial charge on any atom is -0.457 e. The highest BCUT2D eigenvalue weighted by atomic mass is 16.5. The highest BCUT2D eigenvalue weighted by Crippen LogP contribution is 2.17. The Balaban J connectivity index is 1.84. The maximum Gasteiger partial charge on any atom is 0.306 e. The minimum absolute atomic E-state index is 0.0896. The fraction of sp³-hybridized carbons (Fsp3) is 0.500. The maximum absolute atomic E-state index is 12.3. The van der Waals surface area contributed by atoms with Crippen molar-refractivity contribution in [1.29, 1.82) is 0 Å². The number of aryl methyl sites for hydroxylation is 1. The van der Waals surface area contributed by atoms with Crippen LogP contribution in [0.25, 0.3) is 0 Å². The van der Waals surface area contributed by atoms with Crippen LogP contribution in [0.3, 0.4) is 0 Å². The van der Waals surface area contributed by atoms with E-state index >= 15 is 0 Å². The molecule has 0 saturated heterocycles. The molecule has 0 aliphatic rings. The lowest BCUT2D eigenvalue weighted by Gasteiger charge is -2.09. The minimum atomic E-state index is -0.412. The van der Waals surface area contributed by atoms with E-state index in [2.05, 4.69) is 24.3 Å². The summed E-state index contributed by atoms with van der Waals surface area (Å²) in [6, 6.07) is 6.55. The van der Waals surface area contributed by atoms with Gasteiger partial charge in [0.2, 0.25) is 5.91 Å². The van der Waals surface area contributed by atoms with E-state index in [1.165, 1.54) is 0 Å². The lowest BCUT2D eigenvalue weighted by Crippen LogP contribution is -2.18. The number of hydrogen-bond donors (Lipinski definition) is 1. The Morgan fingerprint density at radius 1 is 1.06 bits per heavy atom. The summed E-state index contributed by atoms with van der Waals surface area (Å²) < 4.78 is 7.16. The number of anilines is 1. The van der Waals surface area contributed by atoms with Crippen LogP contribution < -0.4 is 5.32 Å². The number of carbonyl (C=O) groups is 3. The second-order valence-corrected chi connectivity index (χ2v) is 8.53. The molecule has 0 fully saturated rings. The van der Waals surface area contributed by atoms with E-state index < -0.39 is 5.97 Å². The van der Waals surface area contributed by atoms with Gasteiger partial charge in [0.1, 0.15) is 0 Å². The van der Waals surface area contributed by atoms with Gasteiger partial charge in [-0.1, -0.05) is 27.7 Å². The number of Topliss-reactive ketones (excluding diaryl/α,β-unsaturated/α-hetero) is 1. The number of ketones is 1. The monoisotopic (exact) mass is 427 g/mol. The number of esters is 1. The molecule has 1 aromatic carbocycles. The Hall–Kier alpha value is -2.96. The first-order valence-corrected chi connectivity index (χ1v) is 10.7. The molecule has 1 N–H and O–H groups in total. The summed E-state index contributed by atoms with van der Waals surface area (Å²) in [5, 5.41) is 7.33. The first-order chi connectivity index (χ1) is 14.6. The highest BCUT2D eigenvalue weighted by molar-refractivity contribution is 5.99. The Morgan fingerprint density at radius 2 is 1.71 bits per heavy atom. The lowest BCUT2D eigenvalue weighted by atomic mass is 10.1. The van der Waals surface area contributed by atoms with Crippen molar-refractivity contribution in [2.24, 2.45) is 11.8 Å². The van der Waals surface area contributed by atoms with E-state index in [1.807, 2.05) is 32.4 Å². The zero-order valence-corrected chi connectivity index (χ0v) is 19.3. The molecule has 7 heteroatoms. The van der Waals surface area contributed by atoms with E-state index in [0.29, 0.717) is 23.6 Å². The summed E-state index contributed by atoms with van der Waals surface area (Å²) in [5.74, 6) is -0.426. The summed E-state index contributed by atoms with van der Waals surface area (Å²) in [5.41, 5.74) is 4.10. The highest BCUT2D eigenvalue weighted by Gasteiger charge is 2.16. The van der Waals surface area contributed by atoms with Crippen molar-refractivity contribution in [3.05, 3.63) is 46.8 Å². The van der Waals surface area contributed by atoms with Crippen LogP contribution >= 0.6 is 0 Å². The standard InChI is InChI=1S/C24H33N3O4/c1-15(2)13-27-18(6)21(17(5)26-27)11-12-23(29)31-14-22(28)19-7-9-20(10-8-19)25-24(30)16(3)4/h7-10,15-16H,11-14H2,1-6H3,(H,25,30). The third-order valence-corrected chi connectivity index (χ3v) is 5.01. The summed E-state index contributed by atoms with van der Waals surface area (Å²) in [6.45, 7) is 12.4. The summed E-state index contributed by atoms with van der Waals surface area (Å²) in [6.07, 6.45) is 0.732. The van der Waals surface area contributed by atoms with Crippen LogP contribution in [0.1, 0.15) is 61.4 Å². The molecule has 0 radical (unpaired) electrons. The van der Waals surface area contributed by atoms with Gasteiger partial charge in [0.25, 0.3) is 0 Å². The SMILES string of the molecule is Cc1nn(CC(C)C)c(C)c1CCC(=O)OCC(=O)c1ccc(NC(=O)C(C)C)cc1. The number of rotatable bonds is 10. The molecule has 1 amide bonds. The van der Waals surface area contributed by atoms with Crippen LogP contribution in [0.2, 0.25) is 0 Å². The molecule has 0 unspecified atom stereocenters. The Labute approximate surface area is 184 Å². The Bertz CT molecular complexity index is 927. The molecule has 0 spiro atoms. The first-order valence-electron chi connectivity index (χ1n) is 10.7. The molecule has 1 aromatic heterocycles. The molecule has 7 nitrogen and oxygen atoms in total. The predicted molar refractivity (Wildman–Crippen MR) is 120 cm³/mol. The van der Waals surface area contributed by atoms with Crippen LogP contribution in [0.5, 0.6) is 0 Å². The fourth-order valence-electron chi connectivity index (χ4n) is 3.17. The molecule has 0 saturated carbocycles. The molecule has 2 rings (SSSR count). The van der Waals surface area contributed by atoms with Crippen molar-refractivity contribution in [1.82, 2.24) is 9.78 Å². The lowest BCUT2D eigenvalue weighted by molar-refractivity contribution is -0.142. The van der Waals surface area contributed by atoms with Crippen molar-refractivity contribution in [3.63, 3.8) is 0 Å². The zero-order valence-electron chi connectivity index (χ0n) is 19.3. The van der Waals surface area contributed by atoms with Crippen molar-refractivity contribution in [2.45, 2.75) is 60.9 Å². The van der Waals surface area contributed by atoms with Gasteiger partial charge in [-0.3, -0.25) is 19.1 Å². The second kappa shape index (κ2) is 10.9. The Kier molecular flexibility index (Phi) is 8.54. The van der Waals surface area contributed by atoms with Gasteiger partial charge in [0, 0.05) is 35.8 Å². The predicted octanol–water partition coefficient (Wildman–Crippen LogP) is 4.11. The van der Waals surface area contributed by atoms with Crippen LogP contribution in [-0.2, 0) is 27.3 Å². The van der Waals surface area contributed by atoms with Gasteiger partial charge in [-0.05, 0) is 56.0 Å². The molecule has 0 aliphatic heterocycles. The van der Waals surface area contributed by atoms with Gasteiger partial charge in [0.05, 0.1) is 5.69 Å². The number of benzene rings is 1. The number of carbonyl (C=O) groups excluding carboxylic acids is 3. The van der Waals surface area contributed by atoms with Crippen LogP contribution in [0, 0.1) is 25.7 Å². The third-order valence-electron chi connectivity index (χ3n) is 5.01. The molecule has 0 aliphatic carbocycles. The molecule has 0 bridgehead atoms. The number of amides is 1. The van der Waals surface area contributed by atoms with Crippen LogP contribution in [-0.4, -0.2) is 34.0 Å². The van der Waals surface area contributed by atoms with Gasteiger partial charge in [-0.25, -0.2) is 0 Å². The number of ether oxygens (including phenoxy) is 1. The van der Waals surface area contributed by atoms with E-state index in [0.717, 1.165) is 23.5 Å². The maximum atomic E-state index is 12.3. The zero-order chi connectivity index (χ0) is 23.1. The van der Waals surface area contributed by atoms with Gasteiger partial charge < -0.3 is 10.1 Å². The van der Waals surface area contributed by atoms with Crippen molar-refractivity contribution >= 4 is 23.3 Å². The van der Waals surface area contributed by atoms with Crippen molar-refractivity contribution in [2.75, 3.05) is 11.9 Å². The van der Waals surface area contributed by atoms with Crippen molar-refractivity contribution < 1.29 is 19.1 Å². The average Bonchev–Trinajstić information content (AvgIpc) is 2.97. The normalized spacial score (nSPS) is 11.1. The summed E-state index contributed by atoms with van der Waals surface area (Å²) >= 11 is 0.